The highest BCUT2D eigenvalue weighted by Crippen LogP contribution is 2.56. The van der Waals surface area contributed by atoms with Crippen molar-refractivity contribution in [2.75, 3.05) is 20.1 Å². The quantitative estimate of drug-likeness (QED) is 0.775. The molecule has 2 aromatic rings. The number of hydrogen-bond acceptors (Lipinski definition) is 3. The van der Waals surface area contributed by atoms with Crippen molar-refractivity contribution in [2.45, 2.75) is 44.7 Å². The fourth-order valence-electron chi connectivity index (χ4n) is 6.44. The topological polar surface area (TPSA) is 56.4 Å². The number of carbonyl (C=O) groups excluding carboxylic acids is 1. The third kappa shape index (κ3) is 3.45. The van der Waals surface area contributed by atoms with Gasteiger partial charge in [0.1, 0.15) is 0 Å². The molecular weight excluding hydrogens is 386 g/mol. The van der Waals surface area contributed by atoms with Crippen molar-refractivity contribution in [1.82, 2.24) is 14.8 Å². The molecule has 1 N–H and O–H groups in total. The van der Waals surface area contributed by atoms with E-state index in [1.165, 1.54) is 16.7 Å². The lowest BCUT2D eigenvalue weighted by Crippen LogP contribution is -2.63. The smallest absolute Gasteiger partial charge is 0.248 e. The number of carbonyl (C=O) groups is 1. The van der Waals surface area contributed by atoms with E-state index < -0.39 is 0 Å². The van der Waals surface area contributed by atoms with Gasteiger partial charge in [0.25, 0.3) is 0 Å². The number of nitrogens with one attached hydrogen (secondary N) is 1. The molecular formula is C26H31N3O2. The number of aromatic amines is 1. The second-order valence-electron chi connectivity index (χ2n) is 9.65. The molecule has 162 valence electrons. The van der Waals surface area contributed by atoms with E-state index in [1.54, 1.807) is 6.07 Å². The first-order valence-corrected chi connectivity index (χ1v) is 11.4. The van der Waals surface area contributed by atoms with E-state index in [1.807, 2.05) is 31.3 Å². The predicted molar refractivity (Wildman–Crippen MR) is 122 cm³/mol. The number of nitrogens with zero attached hydrogens (tertiary/aromatic N) is 2. The molecule has 1 aliphatic heterocycles. The second kappa shape index (κ2) is 7.79. The van der Waals surface area contributed by atoms with Crippen LogP contribution in [0.5, 0.6) is 0 Å². The van der Waals surface area contributed by atoms with Crippen LogP contribution in [0.4, 0.5) is 0 Å². The van der Waals surface area contributed by atoms with Crippen LogP contribution in [0.2, 0.25) is 0 Å². The number of benzene rings is 1. The van der Waals surface area contributed by atoms with Gasteiger partial charge >= 0.3 is 0 Å². The number of rotatable bonds is 4. The first-order chi connectivity index (χ1) is 15.0. The maximum Gasteiger partial charge on any atom is 0.248 e. The Morgan fingerprint density at radius 3 is 2.84 bits per heavy atom. The lowest BCUT2D eigenvalue weighted by Gasteiger charge is -2.59. The first kappa shape index (κ1) is 20.3. The Kier molecular flexibility index (Phi) is 5.09. The van der Waals surface area contributed by atoms with Crippen LogP contribution >= 0.6 is 0 Å². The van der Waals surface area contributed by atoms with Crippen LogP contribution in [0.25, 0.3) is 0 Å². The molecule has 0 spiro atoms. The van der Waals surface area contributed by atoms with Crippen molar-refractivity contribution in [1.29, 1.82) is 0 Å². The van der Waals surface area contributed by atoms with E-state index in [4.69, 9.17) is 0 Å². The van der Waals surface area contributed by atoms with Crippen molar-refractivity contribution in [3.8, 4) is 0 Å². The summed E-state index contributed by atoms with van der Waals surface area (Å²) in [4.78, 5) is 33.2. The lowest BCUT2D eigenvalue weighted by molar-refractivity contribution is -0.149. The molecule has 0 radical (unpaired) electrons. The van der Waals surface area contributed by atoms with Gasteiger partial charge in [-0.1, -0.05) is 42.0 Å². The van der Waals surface area contributed by atoms with Crippen LogP contribution in [0, 0.1) is 11.8 Å². The minimum atomic E-state index is -0.329. The van der Waals surface area contributed by atoms with Gasteiger partial charge in [0.2, 0.25) is 11.5 Å². The van der Waals surface area contributed by atoms with Gasteiger partial charge in [-0.25, -0.2) is 0 Å². The van der Waals surface area contributed by atoms with Crippen molar-refractivity contribution in [3.05, 3.63) is 81.3 Å². The highest BCUT2D eigenvalue weighted by Gasteiger charge is 2.56. The Balaban J connectivity index is 1.48. The van der Waals surface area contributed by atoms with Crippen LogP contribution < -0.4 is 5.56 Å². The van der Waals surface area contributed by atoms with Crippen LogP contribution in [0.3, 0.4) is 0 Å². The van der Waals surface area contributed by atoms with Crippen molar-refractivity contribution < 1.29 is 4.79 Å². The van der Waals surface area contributed by atoms with Crippen LogP contribution in [0.1, 0.15) is 43.0 Å². The summed E-state index contributed by atoms with van der Waals surface area (Å²) in [5.74, 6) is 0.999. The van der Waals surface area contributed by atoms with Gasteiger partial charge in [0.05, 0.1) is 12.1 Å². The molecule has 31 heavy (non-hydrogen) atoms. The summed E-state index contributed by atoms with van der Waals surface area (Å²) in [6, 6.07) is 13.9. The van der Waals surface area contributed by atoms with Crippen LogP contribution in [0.15, 0.2) is 58.9 Å². The molecule has 0 saturated carbocycles. The number of likely N-dealkylation sites (N-methyl/N-ethyl adjacent to an activating group) is 1. The van der Waals surface area contributed by atoms with Crippen LogP contribution in [-0.2, 0) is 23.3 Å². The standard InChI is InChI=1S/C26H31N3O2/c1-18-13-20-14-23-22(10-11-24(30)27-23)26(15-18)21(20)9-6-12-29(26)25(31)17-28(2)16-19-7-4-3-5-8-19/h3-5,7-8,10-11,13,20-21H,6,9,12,14-17H2,1-2H3,(H,27,30)/t20-,21+,26+/m0/s1. The molecule has 5 rings (SSSR count). The molecule has 2 aliphatic carbocycles. The number of fused-ring (bicyclic) bond motifs is 1. The number of allylic oxidation sites excluding steroid dienone is 1. The van der Waals surface area contributed by atoms with E-state index >= 15 is 0 Å². The molecule has 3 atom stereocenters. The number of likely N-dealkylation sites (tertiary alicyclic amines) is 1. The van der Waals surface area contributed by atoms with Gasteiger partial charge < -0.3 is 9.88 Å². The highest BCUT2D eigenvalue weighted by molar-refractivity contribution is 5.80. The predicted octanol–water partition coefficient (Wildman–Crippen LogP) is 3.46. The highest BCUT2D eigenvalue weighted by atomic mass is 16.2. The van der Waals surface area contributed by atoms with Crippen LogP contribution in [-0.4, -0.2) is 40.8 Å². The van der Waals surface area contributed by atoms with E-state index in [-0.39, 0.29) is 17.0 Å². The van der Waals surface area contributed by atoms with E-state index in [9.17, 15) is 9.59 Å². The SMILES string of the molecule is CC1=C[C@H]2Cc3[nH]c(=O)ccc3[C@@]3(C1)[C@@H]2CCCN3C(=O)CN(C)Cc1ccccc1. The number of aromatic nitrogens is 1. The lowest BCUT2D eigenvalue weighted by atomic mass is 9.56. The third-order valence-electron chi connectivity index (χ3n) is 7.46. The molecule has 1 aromatic carbocycles. The minimum absolute atomic E-state index is 0.0522. The number of amides is 1. The maximum atomic E-state index is 13.7. The summed E-state index contributed by atoms with van der Waals surface area (Å²) in [5.41, 5.74) is 4.38. The fourth-order valence-corrected chi connectivity index (χ4v) is 6.44. The molecule has 1 fully saturated rings. The Hall–Kier alpha value is -2.66. The summed E-state index contributed by atoms with van der Waals surface area (Å²) in [6.07, 6.45) is 6.30. The summed E-state index contributed by atoms with van der Waals surface area (Å²) >= 11 is 0. The summed E-state index contributed by atoms with van der Waals surface area (Å²) in [5, 5.41) is 0. The van der Waals surface area contributed by atoms with Crippen molar-refractivity contribution in [3.63, 3.8) is 0 Å². The molecule has 5 nitrogen and oxygen atoms in total. The number of H-pyrrole nitrogens is 1. The minimum Gasteiger partial charge on any atom is -0.331 e. The molecule has 2 heterocycles. The molecule has 3 aliphatic rings. The zero-order chi connectivity index (χ0) is 21.6. The Morgan fingerprint density at radius 2 is 2.03 bits per heavy atom. The average molecular weight is 418 g/mol. The molecule has 1 saturated heterocycles. The van der Waals surface area contributed by atoms with E-state index in [2.05, 4.69) is 39.9 Å². The van der Waals surface area contributed by atoms with Gasteiger partial charge in [-0.3, -0.25) is 14.5 Å². The van der Waals surface area contributed by atoms with Gasteiger partial charge in [-0.2, -0.15) is 0 Å². The zero-order valence-corrected chi connectivity index (χ0v) is 18.4. The first-order valence-electron chi connectivity index (χ1n) is 11.4. The van der Waals surface area contributed by atoms with E-state index in [0.29, 0.717) is 18.4 Å². The monoisotopic (exact) mass is 417 g/mol. The molecule has 0 unspecified atom stereocenters. The van der Waals surface area contributed by atoms with Crippen molar-refractivity contribution >= 4 is 5.91 Å². The Bertz CT molecular complexity index is 1070. The number of piperidine rings is 1. The Morgan fingerprint density at radius 1 is 1.23 bits per heavy atom. The zero-order valence-electron chi connectivity index (χ0n) is 18.4. The summed E-state index contributed by atoms with van der Waals surface area (Å²) < 4.78 is 0. The van der Waals surface area contributed by atoms with Gasteiger partial charge in [0.15, 0.2) is 0 Å². The van der Waals surface area contributed by atoms with Gasteiger partial charge in [-0.15, -0.1) is 0 Å². The summed E-state index contributed by atoms with van der Waals surface area (Å²) in [7, 11) is 2.02. The summed E-state index contributed by atoms with van der Waals surface area (Å²) in [6.45, 7) is 4.13. The van der Waals surface area contributed by atoms with Gasteiger partial charge in [-0.05, 0) is 68.7 Å². The van der Waals surface area contributed by atoms with E-state index in [0.717, 1.165) is 44.5 Å². The number of hydrogen-bond donors (Lipinski definition) is 1. The largest absolute Gasteiger partial charge is 0.331 e. The molecule has 1 amide bonds. The molecule has 5 heteroatoms. The Labute approximate surface area is 183 Å². The van der Waals surface area contributed by atoms with Gasteiger partial charge in [0, 0.05) is 24.8 Å². The third-order valence-corrected chi connectivity index (χ3v) is 7.46. The average Bonchev–Trinajstić information content (AvgIpc) is 2.73. The normalized spacial score (nSPS) is 26.8. The second-order valence-corrected chi connectivity index (χ2v) is 9.65. The number of pyridine rings is 1. The van der Waals surface area contributed by atoms with Crippen molar-refractivity contribution in [2.24, 2.45) is 11.8 Å². The fraction of sp³-hybridized carbons (Fsp3) is 0.462. The molecule has 1 aromatic heterocycles. The molecule has 2 bridgehead atoms. The maximum absolute atomic E-state index is 13.7.